The molecule has 15 heavy (non-hydrogen) atoms. The molecule has 0 bridgehead atoms. The summed E-state index contributed by atoms with van der Waals surface area (Å²) >= 11 is 0. The van der Waals surface area contributed by atoms with Gasteiger partial charge in [0.1, 0.15) is 0 Å². The average molecular weight is 253 g/mol. The first-order chi connectivity index (χ1) is 6.69. The number of rotatable bonds is 2. The smallest absolute Gasteiger partial charge is 0.337 e. The van der Waals surface area contributed by atoms with E-state index >= 15 is 0 Å². The van der Waals surface area contributed by atoms with Crippen molar-refractivity contribution in [1.82, 2.24) is 0 Å². The monoisotopic (exact) mass is 253 g/mol. The van der Waals surface area contributed by atoms with Crippen molar-refractivity contribution < 1.29 is 35.8 Å². The zero-order chi connectivity index (χ0) is 10.6. The summed E-state index contributed by atoms with van der Waals surface area (Å²) in [5.41, 5.74) is 0.806. The molecule has 0 atom stereocenters. The number of benzene rings is 1. The van der Waals surface area contributed by atoms with E-state index in [0.29, 0.717) is 11.1 Å². The summed E-state index contributed by atoms with van der Waals surface area (Å²) in [6, 6.07) is 6.05. The number of ether oxygens (including phenoxy) is 2. The number of hydrogen-bond donors (Lipinski definition) is 0. The largest absolute Gasteiger partial charge is 0.465 e. The van der Waals surface area contributed by atoms with Gasteiger partial charge in [0.05, 0.1) is 25.3 Å². The van der Waals surface area contributed by atoms with Crippen LogP contribution in [0.25, 0.3) is 0 Å². The van der Waals surface area contributed by atoms with Crippen LogP contribution in [0.15, 0.2) is 24.3 Å². The van der Waals surface area contributed by atoms with Crippen LogP contribution in [0.5, 0.6) is 0 Å². The molecule has 0 aliphatic heterocycles. The molecule has 0 fully saturated rings. The van der Waals surface area contributed by atoms with Crippen LogP contribution < -0.4 is 0 Å². The molecule has 0 amide bonds. The molecule has 0 aliphatic rings. The average Bonchev–Trinajstić information content (AvgIpc) is 2.27. The molecule has 1 aromatic carbocycles. The molecule has 0 saturated heterocycles. The molecule has 0 saturated carbocycles. The second-order valence-corrected chi connectivity index (χ2v) is 2.56. The maximum absolute atomic E-state index is 11.0. The first kappa shape index (κ1) is 13.7. The molecule has 1 aromatic rings. The molecule has 1 rings (SSSR count). The van der Waals surface area contributed by atoms with Crippen molar-refractivity contribution in [3.8, 4) is 0 Å². The normalized spacial score (nSPS) is 8.67. The molecule has 0 heterocycles. The van der Waals surface area contributed by atoms with Gasteiger partial charge in [0, 0.05) is 16.8 Å². The minimum Gasteiger partial charge on any atom is -0.465 e. The Kier molecular flexibility index (Phi) is 5.65. The summed E-state index contributed by atoms with van der Waals surface area (Å²) < 4.78 is 9.02. The van der Waals surface area contributed by atoms with Crippen molar-refractivity contribution in [2.45, 2.75) is 0 Å². The molecule has 0 N–H and O–H groups in total. The van der Waals surface area contributed by atoms with Gasteiger partial charge in [-0.05, 0) is 24.3 Å². The van der Waals surface area contributed by atoms with Crippen molar-refractivity contribution in [1.29, 1.82) is 0 Å². The standard InChI is InChI=1S/C10H10O4.Co/c1-13-9(11)7-3-5-8(6-4-7)10(12)14-2;/h3-6H,1-2H3;. The molecule has 5 heteroatoms. The van der Waals surface area contributed by atoms with Crippen LogP contribution in [0.1, 0.15) is 20.7 Å². The van der Waals surface area contributed by atoms with E-state index in [1.807, 2.05) is 0 Å². The van der Waals surface area contributed by atoms with Crippen LogP contribution in [0.2, 0.25) is 0 Å². The van der Waals surface area contributed by atoms with Gasteiger partial charge in [-0.3, -0.25) is 0 Å². The van der Waals surface area contributed by atoms with Crippen molar-refractivity contribution in [3.05, 3.63) is 35.4 Å². The number of carbonyl (C=O) groups excluding carboxylic acids is 2. The molecule has 0 unspecified atom stereocenters. The van der Waals surface area contributed by atoms with Crippen molar-refractivity contribution in [2.24, 2.45) is 0 Å². The van der Waals surface area contributed by atoms with Crippen molar-refractivity contribution in [3.63, 3.8) is 0 Å². The predicted octanol–water partition coefficient (Wildman–Crippen LogP) is 1.26. The summed E-state index contributed by atoms with van der Waals surface area (Å²) in [5, 5.41) is 0. The summed E-state index contributed by atoms with van der Waals surface area (Å²) in [6.07, 6.45) is 0. The van der Waals surface area contributed by atoms with Crippen molar-refractivity contribution in [2.75, 3.05) is 14.2 Å². The fourth-order valence-electron chi connectivity index (χ4n) is 0.978. The van der Waals surface area contributed by atoms with E-state index in [0.717, 1.165) is 0 Å². The maximum Gasteiger partial charge on any atom is 0.337 e. The van der Waals surface area contributed by atoms with Crippen LogP contribution in [-0.4, -0.2) is 26.2 Å². The third kappa shape index (κ3) is 3.37. The Hall–Kier alpha value is -1.33. The Morgan fingerprint density at radius 3 is 1.33 bits per heavy atom. The zero-order valence-corrected chi connectivity index (χ0v) is 9.32. The molecule has 0 spiro atoms. The van der Waals surface area contributed by atoms with Gasteiger partial charge >= 0.3 is 11.9 Å². The topological polar surface area (TPSA) is 52.6 Å². The van der Waals surface area contributed by atoms with Crippen LogP contribution in [0, 0.1) is 0 Å². The minimum atomic E-state index is -0.429. The van der Waals surface area contributed by atoms with Gasteiger partial charge < -0.3 is 9.47 Å². The van der Waals surface area contributed by atoms with Crippen LogP contribution in [0.4, 0.5) is 0 Å². The van der Waals surface area contributed by atoms with Gasteiger partial charge in [-0.25, -0.2) is 9.59 Å². The summed E-state index contributed by atoms with van der Waals surface area (Å²) in [7, 11) is 2.60. The van der Waals surface area contributed by atoms with Gasteiger partial charge in [0.2, 0.25) is 0 Å². The third-order valence-corrected chi connectivity index (χ3v) is 1.73. The summed E-state index contributed by atoms with van der Waals surface area (Å²) in [4.78, 5) is 22.1. The van der Waals surface area contributed by atoms with E-state index in [1.165, 1.54) is 38.5 Å². The SMILES string of the molecule is COC(=O)c1ccc(C(=O)OC)cc1.[Co]. The Morgan fingerprint density at radius 2 is 1.13 bits per heavy atom. The van der Waals surface area contributed by atoms with Gasteiger partial charge in [-0.15, -0.1) is 0 Å². The fraction of sp³-hybridized carbons (Fsp3) is 0.200. The van der Waals surface area contributed by atoms with Crippen LogP contribution >= 0.6 is 0 Å². The van der Waals surface area contributed by atoms with Crippen molar-refractivity contribution >= 4 is 11.9 Å². The van der Waals surface area contributed by atoms with Crippen LogP contribution in [-0.2, 0) is 26.3 Å². The van der Waals surface area contributed by atoms with E-state index in [2.05, 4.69) is 9.47 Å². The summed E-state index contributed by atoms with van der Waals surface area (Å²) in [6.45, 7) is 0. The quantitative estimate of drug-likeness (QED) is 0.744. The van der Waals surface area contributed by atoms with Gasteiger partial charge in [-0.1, -0.05) is 0 Å². The maximum atomic E-state index is 11.0. The molecule has 0 aliphatic carbocycles. The fourth-order valence-corrected chi connectivity index (χ4v) is 0.978. The number of hydrogen-bond acceptors (Lipinski definition) is 4. The first-order valence-electron chi connectivity index (χ1n) is 3.95. The summed E-state index contributed by atoms with van der Waals surface area (Å²) in [5.74, 6) is -0.858. The molecule has 4 nitrogen and oxygen atoms in total. The van der Waals surface area contributed by atoms with Crippen LogP contribution in [0.3, 0.4) is 0 Å². The minimum absolute atomic E-state index is 0. The second kappa shape index (κ2) is 6.21. The van der Waals surface area contributed by atoms with E-state index < -0.39 is 11.9 Å². The molecule has 0 aromatic heterocycles. The molecule has 83 valence electrons. The van der Waals surface area contributed by atoms with E-state index in [1.54, 1.807) is 0 Å². The number of methoxy groups -OCH3 is 2. The Morgan fingerprint density at radius 1 is 0.867 bits per heavy atom. The third-order valence-electron chi connectivity index (χ3n) is 1.73. The van der Waals surface area contributed by atoms with E-state index in [4.69, 9.17) is 0 Å². The van der Waals surface area contributed by atoms with E-state index in [-0.39, 0.29) is 16.8 Å². The van der Waals surface area contributed by atoms with Gasteiger partial charge in [0.15, 0.2) is 0 Å². The zero-order valence-electron chi connectivity index (χ0n) is 8.28. The van der Waals surface area contributed by atoms with Gasteiger partial charge in [-0.2, -0.15) is 0 Å². The first-order valence-corrected chi connectivity index (χ1v) is 3.95. The number of esters is 2. The molecular weight excluding hydrogens is 243 g/mol. The second-order valence-electron chi connectivity index (χ2n) is 2.56. The number of carbonyl (C=O) groups is 2. The Labute approximate surface area is 97.8 Å². The molecule has 1 radical (unpaired) electrons. The Bertz CT molecular complexity index is 310. The Balaban J connectivity index is 0.00000196. The van der Waals surface area contributed by atoms with E-state index in [9.17, 15) is 9.59 Å². The van der Waals surface area contributed by atoms with Gasteiger partial charge in [0.25, 0.3) is 0 Å². The predicted molar refractivity (Wildman–Crippen MR) is 49.1 cm³/mol. The molecular formula is C10H10CoO4.